The van der Waals surface area contributed by atoms with Gasteiger partial charge in [-0.2, -0.15) is 0 Å². The Bertz CT molecular complexity index is 927. The first-order valence-corrected chi connectivity index (χ1v) is 10.7. The van der Waals surface area contributed by atoms with Gasteiger partial charge in [-0.05, 0) is 47.4 Å². The maximum Gasteiger partial charge on any atom is 0.266 e. The summed E-state index contributed by atoms with van der Waals surface area (Å²) in [6, 6.07) is 12.9. The molecule has 3 rings (SSSR count). The molecule has 1 heterocycles. The number of thiocarbonyl (C=S) groups is 1. The molecule has 0 atom stereocenters. The molecule has 28 heavy (non-hydrogen) atoms. The molecule has 2 aromatic carbocycles. The second-order valence-corrected chi connectivity index (χ2v) is 9.31. The zero-order valence-electron chi connectivity index (χ0n) is 15.4. The normalized spacial score (nSPS) is 15.8. The standard InChI is InChI=1S/C21H19Cl2NO2S2/c1-13(2)11-24-20(25)19(28-21(24)27)10-15-5-8-18(17(23)9-15)26-12-14-3-6-16(22)7-4-14/h3-10,13H,11-12H2,1-2H3/b19-10-. The molecule has 146 valence electrons. The summed E-state index contributed by atoms with van der Waals surface area (Å²) in [6.07, 6.45) is 1.81. The molecule has 0 N–H and O–H groups in total. The Morgan fingerprint density at radius 3 is 2.54 bits per heavy atom. The first kappa shape index (κ1) is 21.2. The number of carbonyl (C=O) groups excluding carboxylic acids is 1. The predicted octanol–water partition coefficient (Wildman–Crippen LogP) is 6.43. The average Bonchev–Trinajstić information content (AvgIpc) is 2.89. The Kier molecular flexibility index (Phi) is 7.05. The van der Waals surface area contributed by atoms with E-state index in [1.54, 1.807) is 17.0 Å². The van der Waals surface area contributed by atoms with Gasteiger partial charge in [-0.1, -0.05) is 79.2 Å². The van der Waals surface area contributed by atoms with Crippen LogP contribution in [-0.4, -0.2) is 21.7 Å². The summed E-state index contributed by atoms with van der Waals surface area (Å²) < 4.78 is 6.39. The number of hydrogen-bond acceptors (Lipinski definition) is 4. The van der Waals surface area contributed by atoms with Crippen LogP contribution in [0.5, 0.6) is 5.75 Å². The molecule has 0 saturated carbocycles. The average molecular weight is 452 g/mol. The summed E-state index contributed by atoms with van der Waals surface area (Å²) in [5.74, 6) is 0.886. The molecular weight excluding hydrogens is 433 g/mol. The van der Waals surface area contributed by atoms with Crippen LogP contribution in [0.15, 0.2) is 47.4 Å². The third-order valence-corrected chi connectivity index (χ3v) is 5.91. The number of amides is 1. The molecular formula is C21H19Cl2NO2S2. The molecule has 2 aromatic rings. The lowest BCUT2D eigenvalue weighted by atomic mass is 10.2. The van der Waals surface area contributed by atoms with Crippen molar-refractivity contribution in [3.05, 3.63) is 68.5 Å². The predicted molar refractivity (Wildman–Crippen MR) is 122 cm³/mol. The van der Waals surface area contributed by atoms with Gasteiger partial charge in [-0.15, -0.1) is 0 Å². The molecule has 1 fully saturated rings. The molecule has 0 bridgehead atoms. The van der Waals surface area contributed by atoms with E-state index in [4.69, 9.17) is 40.2 Å². The number of ether oxygens (including phenoxy) is 1. The van der Waals surface area contributed by atoms with Gasteiger partial charge < -0.3 is 4.74 Å². The first-order valence-electron chi connectivity index (χ1n) is 8.75. The third kappa shape index (κ3) is 5.29. The van der Waals surface area contributed by atoms with E-state index in [1.807, 2.05) is 36.4 Å². The summed E-state index contributed by atoms with van der Waals surface area (Å²) >= 11 is 18.9. The Morgan fingerprint density at radius 1 is 1.18 bits per heavy atom. The van der Waals surface area contributed by atoms with Gasteiger partial charge in [0.1, 0.15) is 16.7 Å². The van der Waals surface area contributed by atoms with Gasteiger partial charge >= 0.3 is 0 Å². The number of nitrogens with zero attached hydrogens (tertiary/aromatic N) is 1. The van der Waals surface area contributed by atoms with Crippen molar-refractivity contribution < 1.29 is 9.53 Å². The quantitative estimate of drug-likeness (QED) is 0.373. The lowest BCUT2D eigenvalue weighted by molar-refractivity contribution is -0.122. The summed E-state index contributed by atoms with van der Waals surface area (Å²) in [7, 11) is 0. The SMILES string of the molecule is CC(C)CN1C(=O)/C(=C/c2ccc(OCc3ccc(Cl)cc3)c(Cl)c2)SC1=S. The van der Waals surface area contributed by atoms with Crippen LogP contribution in [0.1, 0.15) is 25.0 Å². The Hall–Kier alpha value is -1.53. The fourth-order valence-electron chi connectivity index (χ4n) is 2.64. The Morgan fingerprint density at radius 2 is 1.89 bits per heavy atom. The van der Waals surface area contributed by atoms with E-state index in [0.717, 1.165) is 11.1 Å². The van der Waals surface area contributed by atoms with Gasteiger partial charge in [0.25, 0.3) is 5.91 Å². The van der Waals surface area contributed by atoms with Gasteiger partial charge in [0.2, 0.25) is 0 Å². The molecule has 0 aliphatic carbocycles. The van der Waals surface area contributed by atoms with Gasteiger partial charge in [0, 0.05) is 11.6 Å². The van der Waals surface area contributed by atoms with Crippen molar-refractivity contribution in [1.29, 1.82) is 0 Å². The number of halogens is 2. The Balaban J connectivity index is 1.70. The van der Waals surface area contributed by atoms with E-state index in [1.165, 1.54) is 11.8 Å². The number of hydrogen-bond donors (Lipinski definition) is 0. The molecule has 0 unspecified atom stereocenters. The summed E-state index contributed by atoms with van der Waals surface area (Å²) in [5.41, 5.74) is 1.83. The highest BCUT2D eigenvalue weighted by Gasteiger charge is 2.32. The second kappa shape index (κ2) is 9.31. The van der Waals surface area contributed by atoms with E-state index in [2.05, 4.69) is 13.8 Å². The van der Waals surface area contributed by atoms with Crippen molar-refractivity contribution in [2.75, 3.05) is 6.54 Å². The summed E-state index contributed by atoms with van der Waals surface area (Å²) in [4.78, 5) is 14.8. The molecule has 1 amide bonds. The maximum absolute atomic E-state index is 12.6. The molecule has 3 nitrogen and oxygen atoms in total. The highest BCUT2D eigenvalue weighted by molar-refractivity contribution is 8.26. The molecule has 1 aliphatic heterocycles. The van der Waals surface area contributed by atoms with Crippen molar-refractivity contribution in [2.24, 2.45) is 5.92 Å². The molecule has 0 aromatic heterocycles. The number of benzene rings is 2. The van der Waals surface area contributed by atoms with Crippen LogP contribution in [0.3, 0.4) is 0 Å². The highest BCUT2D eigenvalue weighted by Crippen LogP contribution is 2.34. The highest BCUT2D eigenvalue weighted by atomic mass is 35.5. The summed E-state index contributed by atoms with van der Waals surface area (Å²) in [5, 5.41) is 1.17. The van der Waals surface area contributed by atoms with Crippen molar-refractivity contribution in [3.8, 4) is 5.75 Å². The van der Waals surface area contributed by atoms with Crippen LogP contribution in [0, 0.1) is 5.92 Å². The minimum absolute atomic E-state index is 0.0529. The lowest BCUT2D eigenvalue weighted by Gasteiger charge is -2.16. The minimum atomic E-state index is -0.0529. The van der Waals surface area contributed by atoms with Crippen LogP contribution < -0.4 is 4.74 Å². The van der Waals surface area contributed by atoms with Gasteiger partial charge in [0.15, 0.2) is 0 Å². The Labute approximate surface area is 184 Å². The van der Waals surface area contributed by atoms with Gasteiger partial charge in [-0.25, -0.2) is 0 Å². The fourth-order valence-corrected chi connectivity index (χ4v) is 4.28. The van der Waals surface area contributed by atoms with Crippen LogP contribution in [0.4, 0.5) is 0 Å². The first-order chi connectivity index (χ1) is 13.3. The smallest absolute Gasteiger partial charge is 0.266 e. The monoisotopic (exact) mass is 451 g/mol. The summed E-state index contributed by atoms with van der Waals surface area (Å²) in [6.45, 7) is 5.14. The number of carbonyl (C=O) groups is 1. The number of rotatable bonds is 6. The van der Waals surface area contributed by atoms with E-state index in [-0.39, 0.29) is 5.91 Å². The molecule has 1 aliphatic rings. The lowest BCUT2D eigenvalue weighted by Crippen LogP contribution is -2.31. The van der Waals surface area contributed by atoms with E-state index in [9.17, 15) is 4.79 Å². The number of thioether (sulfide) groups is 1. The van der Waals surface area contributed by atoms with E-state index < -0.39 is 0 Å². The van der Waals surface area contributed by atoms with Crippen LogP contribution in [0.2, 0.25) is 10.0 Å². The molecule has 0 spiro atoms. The van der Waals surface area contributed by atoms with Crippen molar-refractivity contribution in [1.82, 2.24) is 4.90 Å². The second-order valence-electron chi connectivity index (χ2n) is 6.79. The zero-order chi connectivity index (χ0) is 20.3. The topological polar surface area (TPSA) is 29.5 Å². The largest absolute Gasteiger partial charge is 0.487 e. The zero-order valence-corrected chi connectivity index (χ0v) is 18.6. The van der Waals surface area contributed by atoms with Gasteiger partial charge in [-0.3, -0.25) is 9.69 Å². The van der Waals surface area contributed by atoms with E-state index in [0.29, 0.717) is 44.1 Å². The van der Waals surface area contributed by atoms with Crippen molar-refractivity contribution in [2.45, 2.75) is 20.5 Å². The van der Waals surface area contributed by atoms with Crippen LogP contribution >= 0.6 is 47.2 Å². The fraction of sp³-hybridized carbons (Fsp3) is 0.238. The van der Waals surface area contributed by atoms with Gasteiger partial charge in [0.05, 0.1) is 9.93 Å². The van der Waals surface area contributed by atoms with Crippen LogP contribution in [0.25, 0.3) is 6.08 Å². The molecule has 1 saturated heterocycles. The molecule has 0 radical (unpaired) electrons. The van der Waals surface area contributed by atoms with Crippen LogP contribution in [-0.2, 0) is 11.4 Å². The molecule has 7 heteroatoms. The maximum atomic E-state index is 12.6. The minimum Gasteiger partial charge on any atom is -0.487 e. The van der Waals surface area contributed by atoms with Crippen molar-refractivity contribution in [3.63, 3.8) is 0 Å². The van der Waals surface area contributed by atoms with Crippen molar-refractivity contribution >= 4 is 63.5 Å². The van der Waals surface area contributed by atoms with E-state index >= 15 is 0 Å². The third-order valence-electron chi connectivity index (χ3n) is 3.98.